The lowest BCUT2D eigenvalue weighted by atomic mass is 10.1. The Balaban J connectivity index is 2.09. The van der Waals surface area contributed by atoms with Crippen molar-refractivity contribution in [1.82, 2.24) is 9.61 Å². The van der Waals surface area contributed by atoms with Crippen molar-refractivity contribution >= 4 is 28.7 Å². The molecule has 0 aliphatic rings. The number of anilines is 2. The first-order chi connectivity index (χ1) is 11.0. The summed E-state index contributed by atoms with van der Waals surface area (Å²) in [7, 11) is 0. The van der Waals surface area contributed by atoms with Crippen molar-refractivity contribution in [2.75, 3.05) is 11.1 Å². The van der Waals surface area contributed by atoms with Crippen molar-refractivity contribution in [2.45, 2.75) is 6.92 Å². The van der Waals surface area contributed by atoms with Gasteiger partial charge in [0.2, 0.25) is 5.91 Å². The Labute approximate surface area is 131 Å². The number of aromatic nitrogens is 2. The van der Waals surface area contributed by atoms with Crippen LogP contribution in [0.15, 0.2) is 42.7 Å². The minimum atomic E-state index is -0.618. The van der Waals surface area contributed by atoms with Gasteiger partial charge in [0.15, 0.2) is 0 Å². The van der Waals surface area contributed by atoms with E-state index in [1.165, 1.54) is 13.1 Å². The molecule has 7 nitrogen and oxygen atoms in total. The molecule has 0 atom stereocenters. The molecule has 7 heteroatoms. The van der Waals surface area contributed by atoms with E-state index in [4.69, 9.17) is 11.5 Å². The number of carbonyl (C=O) groups is 2. The van der Waals surface area contributed by atoms with Gasteiger partial charge in [-0.1, -0.05) is 12.1 Å². The third-order valence-electron chi connectivity index (χ3n) is 3.46. The lowest BCUT2D eigenvalue weighted by Gasteiger charge is -2.04. The van der Waals surface area contributed by atoms with Gasteiger partial charge in [0.1, 0.15) is 0 Å². The molecule has 0 saturated carbocycles. The highest BCUT2D eigenvalue weighted by molar-refractivity contribution is 6.01. The van der Waals surface area contributed by atoms with E-state index < -0.39 is 5.91 Å². The Kier molecular flexibility index (Phi) is 3.46. The molecule has 0 spiro atoms. The fourth-order valence-corrected chi connectivity index (χ4v) is 2.41. The average Bonchev–Trinajstić information content (AvgIpc) is 2.92. The average molecular weight is 309 g/mol. The smallest absolute Gasteiger partial charge is 0.252 e. The number of hydrogen-bond donors (Lipinski definition) is 3. The molecule has 0 fully saturated rings. The van der Waals surface area contributed by atoms with Crippen LogP contribution in [0.1, 0.15) is 17.3 Å². The fourth-order valence-electron chi connectivity index (χ4n) is 2.41. The minimum Gasteiger partial charge on any atom is -0.396 e. The zero-order valence-corrected chi connectivity index (χ0v) is 12.4. The molecule has 5 N–H and O–H groups in total. The van der Waals surface area contributed by atoms with E-state index in [-0.39, 0.29) is 17.2 Å². The Morgan fingerprint density at radius 2 is 2.00 bits per heavy atom. The van der Waals surface area contributed by atoms with Gasteiger partial charge < -0.3 is 16.8 Å². The molecule has 3 rings (SSSR count). The molecular formula is C16H15N5O2. The molecule has 2 heterocycles. The van der Waals surface area contributed by atoms with Gasteiger partial charge in [-0.05, 0) is 23.8 Å². The molecular weight excluding hydrogens is 294 g/mol. The SMILES string of the molecule is CC(=O)Nc1cccc(-c2cc3c(N)c(C(N)=O)cnn3c2)c1. The number of hydrogen-bond acceptors (Lipinski definition) is 4. The summed E-state index contributed by atoms with van der Waals surface area (Å²) >= 11 is 0. The molecule has 0 aliphatic carbocycles. The Morgan fingerprint density at radius 1 is 1.22 bits per heavy atom. The predicted octanol–water partition coefficient (Wildman–Crippen LogP) is 1.64. The van der Waals surface area contributed by atoms with Crippen LogP contribution in [-0.4, -0.2) is 21.4 Å². The number of carbonyl (C=O) groups excluding carboxylic acids is 2. The summed E-state index contributed by atoms with van der Waals surface area (Å²) < 4.78 is 1.59. The normalized spacial score (nSPS) is 10.7. The maximum Gasteiger partial charge on any atom is 0.252 e. The maximum absolute atomic E-state index is 11.3. The third-order valence-corrected chi connectivity index (χ3v) is 3.46. The van der Waals surface area contributed by atoms with Gasteiger partial charge >= 0.3 is 0 Å². The fraction of sp³-hybridized carbons (Fsp3) is 0.0625. The van der Waals surface area contributed by atoms with Crippen LogP contribution in [0.2, 0.25) is 0 Å². The van der Waals surface area contributed by atoms with Gasteiger partial charge in [-0.15, -0.1) is 0 Å². The molecule has 0 bridgehead atoms. The lowest BCUT2D eigenvalue weighted by molar-refractivity contribution is -0.114. The van der Waals surface area contributed by atoms with Crippen molar-refractivity contribution in [1.29, 1.82) is 0 Å². The molecule has 0 aliphatic heterocycles. The minimum absolute atomic E-state index is 0.138. The second-order valence-corrected chi connectivity index (χ2v) is 5.16. The van der Waals surface area contributed by atoms with E-state index in [9.17, 15) is 9.59 Å². The number of nitrogen functional groups attached to an aromatic ring is 1. The molecule has 3 aromatic rings. The van der Waals surface area contributed by atoms with Crippen LogP contribution in [0.3, 0.4) is 0 Å². The van der Waals surface area contributed by atoms with Crippen molar-refractivity contribution < 1.29 is 9.59 Å². The number of nitrogens with one attached hydrogen (secondary N) is 1. The molecule has 0 unspecified atom stereocenters. The summed E-state index contributed by atoms with van der Waals surface area (Å²) in [6, 6.07) is 9.22. The highest BCUT2D eigenvalue weighted by Crippen LogP contribution is 2.28. The van der Waals surface area contributed by atoms with Crippen LogP contribution >= 0.6 is 0 Å². The third kappa shape index (κ3) is 2.71. The molecule has 0 radical (unpaired) electrons. The van der Waals surface area contributed by atoms with Gasteiger partial charge in [-0.2, -0.15) is 5.10 Å². The number of nitrogens with two attached hydrogens (primary N) is 2. The number of primary amides is 1. The van der Waals surface area contributed by atoms with Crippen molar-refractivity contribution in [3.63, 3.8) is 0 Å². The molecule has 23 heavy (non-hydrogen) atoms. The number of rotatable bonds is 3. The Morgan fingerprint density at radius 3 is 2.70 bits per heavy atom. The summed E-state index contributed by atoms with van der Waals surface area (Å²) in [6.07, 6.45) is 3.14. The predicted molar refractivity (Wildman–Crippen MR) is 87.9 cm³/mol. The van der Waals surface area contributed by atoms with Crippen LogP contribution in [-0.2, 0) is 4.79 Å². The zero-order chi connectivity index (χ0) is 16.6. The van der Waals surface area contributed by atoms with Crippen LogP contribution in [0.25, 0.3) is 16.6 Å². The van der Waals surface area contributed by atoms with Crippen molar-refractivity contribution in [3.8, 4) is 11.1 Å². The lowest BCUT2D eigenvalue weighted by Crippen LogP contribution is -2.15. The summed E-state index contributed by atoms with van der Waals surface area (Å²) in [5, 5.41) is 6.88. The summed E-state index contributed by atoms with van der Waals surface area (Å²) in [4.78, 5) is 22.5. The number of nitrogens with zero attached hydrogens (tertiary/aromatic N) is 2. The van der Waals surface area contributed by atoms with Gasteiger partial charge in [0.25, 0.3) is 5.91 Å². The number of amides is 2. The maximum atomic E-state index is 11.3. The first kappa shape index (κ1) is 14.6. The molecule has 2 amide bonds. The highest BCUT2D eigenvalue weighted by Gasteiger charge is 2.13. The highest BCUT2D eigenvalue weighted by atomic mass is 16.1. The molecule has 2 aromatic heterocycles. The van der Waals surface area contributed by atoms with Crippen molar-refractivity contribution in [3.05, 3.63) is 48.3 Å². The largest absolute Gasteiger partial charge is 0.396 e. The van der Waals surface area contributed by atoms with Crippen LogP contribution in [0.5, 0.6) is 0 Å². The quantitative estimate of drug-likeness (QED) is 0.682. The van der Waals surface area contributed by atoms with E-state index in [2.05, 4.69) is 10.4 Å². The van der Waals surface area contributed by atoms with E-state index in [1.807, 2.05) is 24.3 Å². The van der Waals surface area contributed by atoms with Gasteiger partial charge in [0.05, 0.1) is 23.0 Å². The first-order valence-electron chi connectivity index (χ1n) is 6.90. The number of benzene rings is 1. The van der Waals surface area contributed by atoms with Crippen molar-refractivity contribution in [2.24, 2.45) is 5.73 Å². The standard InChI is InChI=1S/C16H15N5O2/c1-9(22)20-12-4-2-3-10(5-12)11-6-14-15(17)13(16(18)23)7-19-21(14)8-11/h2-8H,17H2,1H3,(H2,18,23)(H,20,22). The Bertz CT molecular complexity index is 929. The van der Waals surface area contributed by atoms with Gasteiger partial charge in [-0.3, -0.25) is 9.59 Å². The first-order valence-corrected chi connectivity index (χ1v) is 6.90. The number of fused-ring (bicyclic) bond motifs is 1. The topological polar surface area (TPSA) is 116 Å². The second kappa shape index (κ2) is 5.45. The van der Waals surface area contributed by atoms with E-state index in [0.29, 0.717) is 11.2 Å². The zero-order valence-electron chi connectivity index (χ0n) is 12.4. The summed E-state index contributed by atoms with van der Waals surface area (Å²) in [6.45, 7) is 1.45. The van der Waals surface area contributed by atoms with E-state index >= 15 is 0 Å². The Hall–Kier alpha value is -3.35. The van der Waals surface area contributed by atoms with Crippen LogP contribution < -0.4 is 16.8 Å². The van der Waals surface area contributed by atoms with Crippen LogP contribution in [0, 0.1) is 0 Å². The van der Waals surface area contributed by atoms with E-state index in [0.717, 1.165) is 11.1 Å². The summed E-state index contributed by atoms with van der Waals surface area (Å²) in [5.74, 6) is -0.755. The summed E-state index contributed by atoms with van der Waals surface area (Å²) in [5.41, 5.74) is 14.8. The molecule has 116 valence electrons. The second-order valence-electron chi connectivity index (χ2n) is 5.16. The molecule has 0 saturated heterocycles. The van der Waals surface area contributed by atoms with E-state index in [1.54, 1.807) is 16.8 Å². The van der Waals surface area contributed by atoms with Gasteiger partial charge in [0, 0.05) is 24.4 Å². The van der Waals surface area contributed by atoms with Gasteiger partial charge in [-0.25, -0.2) is 4.52 Å². The van der Waals surface area contributed by atoms with Crippen LogP contribution in [0.4, 0.5) is 11.4 Å². The monoisotopic (exact) mass is 309 g/mol. The molecule has 1 aromatic carbocycles.